The summed E-state index contributed by atoms with van der Waals surface area (Å²) in [5.74, 6) is 1.40. The van der Waals surface area contributed by atoms with E-state index < -0.39 is 5.41 Å². The van der Waals surface area contributed by atoms with Gasteiger partial charge in [0.25, 0.3) is 0 Å². The average molecular weight is 320 g/mol. The molecule has 0 radical (unpaired) electrons. The summed E-state index contributed by atoms with van der Waals surface area (Å²) in [7, 11) is 0. The molecule has 0 aliphatic heterocycles. The van der Waals surface area contributed by atoms with E-state index in [4.69, 9.17) is 0 Å². The van der Waals surface area contributed by atoms with E-state index in [1.807, 2.05) is 31.5 Å². The van der Waals surface area contributed by atoms with Crippen molar-refractivity contribution >= 4 is 17.6 Å². The topological polar surface area (TPSA) is 76.0 Å². The molecule has 1 fully saturated rings. The number of anilines is 1. The van der Waals surface area contributed by atoms with Crippen molar-refractivity contribution in [2.24, 2.45) is 11.3 Å². The molecule has 2 N–H and O–H groups in total. The van der Waals surface area contributed by atoms with Gasteiger partial charge in [0, 0.05) is 24.4 Å². The lowest BCUT2D eigenvalue weighted by Gasteiger charge is -2.17. The van der Waals surface area contributed by atoms with Crippen LogP contribution in [-0.4, -0.2) is 28.1 Å². The second-order valence-corrected chi connectivity index (χ2v) is 7.40. The van der Waals surface area contributed by atoms with Crippen LogP contribution >= 0.6 is 0 Å². The molecule has 0 aromatic carbocycles. The lowest BCUT2D eigenvalue weighted by Crippen LogP contribution is -2.35. The lowest BCUT2D eigenvalue weighted by atomic mass is 9.96. The van der Waals surface area contributed by atoms with Gasteiger partial charge in [-0.2, -0.15) is 5.10 Å². The molecule has 2 rings (SSSR count). The van der Waals surface area contributed by atoms with E-state index in [2.05, 4.69) is 22.7 Å². The first-order valence-corrected chi connectivity index (χ1v) is 8.40. The van der Waals surface area contributed by atoms with E-state index >= 15 is 0 Å². The van der Waals surface area contributed by atoms with Gasteiger partial charge < -0.3 is 10.6 Å². The van der Waals surface area contributed by atoms with Crippen molar-refractivity contribution in [3.05, 3.63) is 12.3 Å². The maximum atomic E-state index is 12.0. The van der Waals surface area contributed by atoms with E-state index in [1.165, 1.54) is 12.8 Å². The zero-order chi connectivity index (χ0) is 17.0. The molecule has 128 valence electrons. The van der Waals surface area contributed by atoms with Gasteiger partial charge in [0.2, 0.25) is 11.8 Å². The Morgan fingerprint density at radius 2 is 2.09 bits per heavy atom. The maximum absolute atomic E-state index is 12.0. The fraction of sp³-hybridized carbons (Fsp3) is 0.706. The third kappa shape index (κ3) is 5.08. The Labute approximate surface area is 138 Å². The Balaban J connectivity index is 1.73. The molecule has 1 unspecified atom stereocenters. The number of hydrogen-bond donors (Lipinski definition) is 2. The van der Waals surface area contributed by atoms with Crippen LogP contribution in [0.3, 0.4) is 0 Å². The number of aromatic nitrogens is 2. The fourth-order valence-corrected chi connectivity index (χ4v) is 2.44. The molecule has 0 saturated heterocycles. The van der Waals surface area contributed by atoms with Crippen LogP contribution in [0.2, 0.25) is 0 Å². The molecular weight excluding hydrogens is 292 g/mol. The second kappa shape index (κ2) is 7.15. The van der Waals surface area contributed by atoms with Gasteiger partial charge in [-0.15, -0.1) is 0 Å². The summed E-state index contributed by atoms with van der Waals surface area (Å²) in [5, 5.41) is 10.1. The Bertz CT molecular complexity index is 555. The first-order valence-electron chi connectivity index (χ1n) is 8.40. The normalized spacial score (nSPS) is 16.0. The third-order valence-electron chi connectivity index (χ3n) is 4.18. The monoisotopic (exact) mass is 320 g/mol. The Morgan fingerprint density at radius 1 is 1.39 bits per heavy atom. The largest absolute Gasteiger partial charge is 0.356 e. The number of carbonyl (C=O) groups is 2. The van der Waals surface area contributed by atoms with Crippen LogP contribution in [0, 0.1) is 11.3 Å². The molecular formula is C17H28N4O2. The molecule has 6 nitrogen and oxygen atoms in total. The van der Waals surface area contributed by atoms with Gasteiger partial charge in [0.15, 0.2) is 0 Å². The van der Waals surface area contributed by atoms with Crippen LogP contribution < -0.4 is 10.6 Å². The quantitative estimate of drug-likeness (QED) is 0.758. The average Bonchev–Trinajstić information content (AvgIpc) is 3.22. The van der Waals surface area contributed by atoms with Crippen LogP contribution in [0.1, 0.15) is 59.4 Å². The van der Waals surface area contributed by atoms with Crippen LogP contribution in [0.5, 0.6) is 0 Å². The molecule has 6 heteroatoms. The molecule has 1 aromatic rings. The van der Waals surface area contributed by atoms with E-state index in [0.717, 1.165) is 5.82 Å². The van der Waals surface area contributed by atoms with Gasteiger partial charge in [-0.05, 0) is 32.1 Å². The fourth-order valence-electron chi connectivity index (χ4n) is 2.44. The van der Waals surface area contributed by atoms with Crippen molar-refractivity contribution < 1.29 is 9.59 Å². The minimum absolute atomic E-state index is 0.00856. The number of amides is 2. The Morgan fingerprint density at radius 3 is 2.70 bits per heavy atom. The summed E-state index contributed by atoms with van der Waals surface area (Å²) in [5.41, 5.74) is -0.395. The maximum Gasteiger partial charge on any atom is 0.225 e. The van der Waals surface area contributed by atoms with Crippen molar-refractivity contribution in [1.29, 1.82) is 0 Å². The first kappa shape index (κ1) is 17.5. The summed E-state index contributed by atoms with van der Waals surface area (Å²) in [4.78, 5) is 23.8. The third-order valence-corrected chi connectivity index (χ3v) is 4.18. The number of rotatable bonds is 7. The molecule has 1 atom stereocenters. The second-order valence-electron chi connectivity index (χ2n) is 7.40. The van der Waals surface area contributed by atoms with Crippen LogP contribution in [-0.2, 0) is 9.59 Å². The first-order chi connectivity index (χ1) is 10.8. The summed E-state index contributed by atoms with van der Waals surface area (Å²) < 4.78 is 1.90. The summed E-state index contributed by atoms with van der Waals surface area (Å²) in [6, 6.07) is 2.16. The number of carbonyl (C=O) groups excluding carboxylic acids is 2. The molecule has 0 spiro atoms. The molecule has 1 aliphatic rings. The van der Waals surface area contributed by atoms with Gasteiger partial charge in [-0.3, -0.25) is 9.59 Å². The number of nitrogens with zero attached hydrogens (tertiary/aromatic N) is 2. The SMILES string of the molecule is CC(C1CC1)n1nccc1NC(=O)CCCNC(=O)C(C)(C)C. The standard InChI is InChI=1S/C17H28N4O2/c1-12(13-7-8-13)21-14(9-11-19-21)20-15(22)6-5-10-18-16(23)17(2,3)4/h9,11-13H,5-8,10H2,1-4H3,(H,18,23)(H,20,22). The van der Waals surface area contributed by atoms with Crippen LogP contribution in [0.15, 0.2) is 12.3 Å². The van der Waals surface area contributed by atoms with Crippen molar-refractivity contribution in [3.63, 3.8) is 0 Å². The predicted octanol–water partition coefficient (Wildman–Crippen LogP) is 2.74. The highest BCUT2D eigenvalue weighted by molar-refractivity contribution is 5.89. The number of nitrogens with one attached hydrogen (secondary N) is 2. The highest BCUT2D eigenvalue weighted by Crippen LogP contribution is 2.40. The zero-order valence-corrected chi connectivity index (χ0v) is 14.6. The van der Waals surface area contributed by atoms with Crippen molar-refractivity contribution in [2.45, 2.75) is 59.4 Å². The molecule has 1 saturated carbocycles. The van der Waals surface area contributed by atoms with E-state index in [1.54, 1.807) is 6.20 Å². The summed E-state index contributed by atoms with van der Waals surface area (Å²) >= 11 is 0. The molecule has 1 heterocycles. The highest BCUT2D eigenvalue weighted by Gasteiger charge is 2.30. The lowest BCUT2D eigenvalue weighted by molar-refractivity contribution is -0.128. The minimum atomic E-state index is -0.395. The van der Waals surface area contributed by atoms with Gasteiger partial charge in [-0.1, -0.05) is 20.8 Å². The Kier molecular flexibility index (Phi) is 5.44. The highest BCUT2D eigenvalue weighted by atomic mass is 16.2. The van der Waals surface area contributed by atoms with Gasteiger partial charge in [0.05, 0.1) is 12.2 Å². The van der Waals surface area contributed by atoms with Crippen molar-refractivity contribution in [3.8, 4) is 0 Å². The molecule has 1 aromatic heterocycles. The molecule has 2 amide bonds. The van der Waals surface area contributed by atoms with Gasteiger partial charge in [0.1, 0.15) is 5.82 Å². The number of hydrogen-bond acceptors (Lipinski definition) is 3. The molecule has 0 bridgehead atoms. The van der Waals surface area contributed by atoms with Crippen molar-refractivity contribution in [1.82, 2.24) is 15.1 Å². The predicted molar refractivity (Wildman–Crippen MR) is 90.0 cm³/mol. The summed E-state index contributed by atoms with van der Waals surface area (Å²) in [6.07, 6.45) is 5.20. The minimum Gasteiger partial charge on any atom is -0.356 e. The van der Waals surface area contributed by atoms with Gasteiger partial charge >= 0.3 is 0 Å². The van der Waals surface area contributed by atoms with Crippen LogP contribution in [0.25, 0.3) is 0 Å². The van der Waals surface area contributed by atoms with Crippen molar-refractivity contribution in [2.75, 3.05) is 11.9 Å². The smallest absolute Gasteiger partial charge is 0.225 e. The van der Waals surface area contributed by atoms with E-state index in [9.17, 15) is 9.59 Å². The van der Waals surface area contributed by atoms with E-state index in [-0.39, 0.29) is 11.8 Å². The zero-order valence-electron chi connectivity index (χ0n) is 14.6. The summed E-state index contributed by atoms with van der Waals surface area (Å²) in [6.45, 7) is 8.27. The van der Waals surface area contributed by atoms with Crippen LogP contribution in [0.4, 0.5) is 5.82 Å². The van der Waals surface area contributed by atoms with Gasteiger partial charge in [-0.25, -0.2) is 4.68 Å². The Hall–Kier alpha value is -1.85. The van der Waals surface area contributed by atoms with E-state index in [0.29, 0.717) is 31.3 Å². The molecule has 1 aliphatic carbocycles. The molecule has 23 heavy (non-hydrogen) atoms.